The third-order valence-corrected chi connectivity index (χ3v) is 9.80. The highest BCUT2D eigenvalue weighted by molar-refractivity contribution is 5.88. The number of esters is 2. The highest BCUT2D eigenvalue weighted by Gasteiger charge is 2.61. The van der Waals surface area contributed by atoms with Crippen LogP contribution in [0.1, 0.15) is 11.1 Å². The van der Waals surface area contributed by atoms with Gasteiger partial charge in [0.25, 0.3) is 0 Å². The molecule has 0 spiro atoms. The van der Waals surface area contributed by atoms with Crippen molar-refractivity contribution in [2.75, 3.05) is 40.6 Å². The summed E-state index contributed by atoms with van der Waals surface area (Å²) in [6.45, 7) is -3.42. The third kappa shape index (κ3) is 10.3. The zero-order valence-electron chi connectivity index (χ0n) is 32.0. The largest absolute Gasteiger partial charge is 0.504 e. The van der Waals surface area contributed by atoms with Crippen molar-refractivity contribution in [1.82, 2.24) is 0 Å². The predicted molar refractivity (Wildman–Crippen MR) is 197 cm³/mol. The van der Waals surface area contributed by atoms with Gasteiger partial charge in [0.15, 0.2) is 35.4 Å². The zero-order chi connectivity index (χ0) is 43.9. The van der Waals surface area contributed by atoms with E-state index in [2.05, 4.69) is 0 Å². The number of aromatic hydroxyl groups is 1. The minimum absolute atomic E-state index is 0.0307. The first kappa shape index (κ1) is 46.6. The number of carbonyl (C=O) groups is 2. The molecule has 5 rings (SSSR count). The first-order chi connectivity index (χ1) is 28.6. The van der Waals surface area contributed by atoms with Gasteiger partial charge in [-0.15, -0.1) is 0 Å². The summed E-state index contributed by atoms with van der Waals surface area (Å²) in [5.74, 6) is -4.51. The summed E-state index contributed by atoms with van der Waals surface area (Å²) in [7, 11) is 2.62. The van der Waals surface area contributed by atoms with Crippen LogP contribution in [0.3, 0.4) is 0 Å². The first-order valence-electron chi connectivity index (χ1n) is 18.3. The number of benzene rings is 2. The Hall–Kier alpha value is -4.50. The number of methoxy groups -OCH3 is 2. The van der Waals surface area contributed by atoms with Crippen molar-refractivity contribution in [1.29, 1.82) is 0 Å². The van der Waals surface area contributed by atoms with Crippen LogP contribution in [0.15, 0.2) is 48.6 Å². The number of carbonyl (C=O) groups excluding carboxylic acids is 2. The Balaban J connectivity index is 1.22. The van der Waals surface area contributed by atoms with Gasteiger partial charge in [-0.2, -0.15) is 0 Å². The van der Waals surface area contributed by atoms with Gasteiger partial charge < -0.3 is 98.8 Å². The van der Waals surface area contributed by atoms with Crippen LogP contribution in [0.4, 0.5) is 0 Å². The second kappa shape index (κ2) is 20.4. The van der Waals surface area contributed by atoms with E-state index in [1.54, 1.807) is 0 Å². The van der Waals surface area contributed by atoms with Crippen LogP contribution in [0.5, 0.6) is 23.0 Å². The molecule has 3 aliphatic rings. The van der Waals surface area contributed by atoms with Gasteiger partial charge in [-0.3, -0.25) is 0 Å². The molecule has 332 valence electrons. The van der Waals surface area contributed by atoms with E-state index in [-0.39, 0.29) is 23.0 Å². The molecule has 0 aromatic heterocycles. The Morgan fingerprint density at radius 1 is 0.667 bits per heavy atom. The first-order valence-corrected chi connectivity index (χ1v) is 18.3. The molecule has 22 nitrogen and oxygen atoms in total. The zero-order valence-corrected chi connectivity index (χ0v) is 32.0. The summed E-state index contributed by atoms with van der Waals surface area (Å²) >= 11 is 0. The molecule has 3 aliphatic heterocycles. The fraction of sp³-hybridized carbons (Fsp3) is 0.526. The molecule has 22 heteroatoms. The van der Waals surface area contributed by atoms with Crippen LogP contribution in [-0.4, -0.2) is 194 Å². The molecule has 14 atom stereocenters. The minimum atomic E-state index is -2.52. The summed E-state index contributed by atoms with van der Waals surface area (Å²) in [5.41, 5.74) is 0.764. The molecule has 0 bridgehead atoms. The number of ether oxygens (including phenoxy) is 9. The molecule has 0 saturated carbocycles. The van der Waals surface area contributed by atoms with Crippen LogP contribution < -0.4 is 14.2 Å². The van der Waals surface area contributed by atoms with Crippen molar-refractivity contribution in [2.24, 2.45) is 0 Å². The molecule has 0 aliphatic carbocycles. The summed E-state index contributed by atoms with van der Waals surface area (Å²) < 4.78 is 48.8. The van der Waals surface area contributed by atoms with Gasteiger partial charge >= 0.3 is 11.9 Å². The Morgan fingerprint density at radius 2 is 1.23 bits per heavy atom. The average molecular weight is 857 g/mol. The molecule has 0 unspecified atom stereocenters. The topological polar surface area (TPSA) is 340 Å². The number of hydrogen-bond donors (Lipinski definition) is 11. The number of phenolic OH excluding ortho intramolecular Hbond substituents is 1. The summed E-state index contributed by atoms with van der Waals surface area (Å²) in [6, 6.07) is 8.45. The molecule has 3 saturated heterocycles. The lowest BCUT2D eigenvalue weighted by atomic mass is 9.98. The summed E-state index contributed by atoms with van der Waals surface area (Å²) in [4.78, 5) is 25.6. The van der Waals surface area contributed by atoms with E-state index >= 15 is 0 Å². The van der Waals surface area contributed by atoms with Crippen molar-refractivity contribution >= 4 is 24.1 Å². The van der Waals surface area contributed by atoms with Crippen LogP contribution in [0, 0.1) is 0 Å². The molecule has 3 heterocycles. The second-order valence-electron chi connectivity index (χ2n) is 13.7. The van der Waals surface area contributed by atoms with Crippen molar-refractivity contribution in [3.63, 3.8) is 0 Å². The van der Waals surface area contributed by atoms with Crippen molar-refractivity contribution < 1.29 is 108 Å². The van der Waals surface area contributed by atoms with Gasteiger partial charge in [-0.25, -0.2) is 9.59 Å². The molecule has 0 amide bonds. The quantitative estimate of drug-likeness (QED) is 0.0567. The normalized spacial score (nSPS) is 34.4. The maximum Gasteiger partial charge on any atom is 0.331 e. The Kier molecular flexibility index (Phi) is 15.8. The van der Waals surface area contributed by atoms with Crippen LogP contribution in [0.2, 0.25) is 0 Å². The van der Waals surface area contributed by atoms with Gasteiger partial charge in [0.1, 0.15) is 74.3 Å². The van der Waals surface area contributed by atoms with Crippen LogP contribution in [-0.2, 0) is 38.0 Å². The molecule has 2 aromatic rings. The monoisotopic (exact) mass is 856 g/mol. The van der Waals surface area contributed by atoms with E-state index in [1.165, 1.54) is 62.8 Å². The summed E-state index contributed by atoms with van der Waals surface area (Å²) in [6.07, 6.45) is -17.8. The fourth-order valence-corrected chi connectivity index (χ4v) is 6.44. The van der Waals surface area contributed by atoms with Gasteiger partial charge in [0.05, 0.1) is 27.4 Å². The fourth-order valence-electron chi connectivity index (χ4n) is 6.44. The predicted octanol–water partition coefficient (Wildman–Crippen LogP) is -3.97. The smallest absolute Gasteiger partial charge is 0.331 e. The average Bonchev–Trinajstić information content (AvgIpc) is 3.51. The van der Waals surface area contributed by atoms with E-state index in [4.69, 9.17) is 42.6 Å². The maximum absolute atomic E-state index is 12.9. The number of phenols is 1. The maximum atomic E-state index is 12.9. The Bertz CT molecular complexity index is 1820. The number of rotatable bonds is 16. The highest BCUT2D eigenvalue weighted by Crippen LogP contribution is 2.38. The molecular weight excluding hydrogens is 808 g/mol. The van der Waals surface area contributed by atoms with Crippen LogP contribution in [0.25, 0.3) is 12.2 Å². The Labute approximate surface area is 341 Å². The molecule has 0 radical (unpaired) electrons. The van der Waals surface area contributed by atoms with Gasteiger partial charge in [0, 0.05) is 12.2 Å². The highest BCUT2D eigenvalue weighted by atomic mass is 16.8. The van der Waals surface area contributed by atoms with Crippen LogP contribution >= 0.6 is 0 Å². The SMILES string of the molecule is COc1cc(/C=C/C(=O)O[C@@H]2[C@@H](O)[C@H](CO)O[C@]2(CO)O[C@H]2O[C@H](COC(=O)/C=C/c3ccc(O[C@@H]4O[C@H](CO)[C@@H](O)[C@H](O)[C@H]4O)c(OC)c3)[C@@H](O)[C@H](O)[C@H]2O)ccc1O. The van der Waals surface area contributed by atoms with Gasteiger partial charge in [0.2, 0.25) is 12.1 Å². The van der Waals surface area contributed by atoms with Crippen molar-refractivity contribution in [2.45, 2.75) is 85.5 Å². The van der Waals surface area contributed by atoms with Crippen molar-refractivity contribution in [3.05, 3.63) is 59.7 Å². The van der Waals surface area contributed by atoms with Crippen molar-refractivity contribution in [3.8, 4) is 23.0 Å². The van der Waals surface area contributed by atoms with E-state index in [0.29, 0.717) is 11.1 Å². The lowest BCUT2D eigenvalue weighted by molar-refractivity contribution is -0.383. The molecule has 11 N–H and O–H groups in total. The van der Waals surface area contributed by atoms with E-state index in [0.717, 1.165) is 12.2 Å². The molecule has 3 fully saturated rings. The van der Waals surface area contributed by atoms with E-state index in [1.807, 2.05) is 0 Å². The molecule has 60 heavy (non-hydrogen) atoms. The third-order valence-electron chi connectivity index (χ3n) is 9.80. The number of hydrogen-bond acceptors (Lipinski definition) is 22. The minimum Gasteiger partial charge on any atom is -0.504 e. The van der Waals surface area contributed by atoms with Gasteiger partial charge in [-0.1, -0.05) is 12.1 Å². The number of aliphatic hydroxyl groups is 10. The second-order valence-corrected chi connectivity index (χ2v) is 13.7. The summed E-state index contributed by atoms with van der Waals surface area (Å²) in [5, 5.41) is 113. The molecular formula is C38H48O22. The lowest BCUT2D eigenvalue weighted by Crippen LogP contribution is -2.63. The van der Waals surface area contributed by atoms with E-state index in [9.17, 15) is 65.8 Å². The number of aliphatic hydroxyl groups excluding tert-OH is 10. The molecule has 2 aromatic carbocycles. The lowest BCUT2D eigenvalue weighted by Gasteiger charge is -2.43. The van der Waals surface area contributed by atoms with E-state index < -0.39 is 124 Å². The van der Waals surface area contributed by atoms with Gasteiger partial charge in [-0.05, 0) is 47.5 Å². The Morgan fingerprint density at radius 3 is 1.85 bits per heavy atom. The standard InChI is InChI=1S/C38H48O22/c1-52-21-11-17(3-7-19(21)42)6-10-27(44)58-35-30(47)24(14-40)59-38(35,16-41)60-37-34(51)32(49)29(46)25(57-37)15-54-26(43)9-5-18-4-8-20(22(12-18)53-2)55-36-33(50)31(48)28(45)23(13-39)56-36/h3-12,23-25,28-37,39-42,45-51H,13-16H2,1-2H3/b9-5+,10-6+/t23-,24+,25-,28-,29-,30+,31+,32+,33-,34-,35-,36-,37-,38-/m1/s1.